The van der Waals surface area contributed by atoms with Crippen LogP contribution in [0.25, 0.3) is 0 Å². The molecule has 0 fully saturated rings. The topological polar surface area (TPSA) is 29.1 Å². The van der Waals surface area contributed by atoms with Crippen molar-refractivity contribution in [2.24, 2.45) is 0 Å². The largest absolute Gasteiger partial charge is 0.325 e. The van der Waals surface area contributed by atoms with Gasteiger partial charge < -0.3 is 5.32 Å². The number of nitrogens with one attached hydrogen (secondary N) is 1. The zero-order valence-corrected chi connectivity index (χ0v) is 13.9. The Hall–Kier alpha value is -1.39. The van der Waals surface area contributed by atoms with Gasteiger partial charge >= 0.3 is 0 Å². The molecule has 0 spiro atoms. The molecular formula is C17H19NOS2. The van der Waals surface area contributed by atoms with Crippen molar-refractivity contribution in [2.45, 2.75) is 17.6 Å². The van der Waals surface area contributed by atoms with Crippen LogP contribution in [0.4, 0.5) is 5.69 Å². The van der Waals surface area contributed by atoms with Crippen LogP contribution < -0.4 is 5.32 Å². The fourth-order valence-electron chi connectivity index (χ4n) is 1.92. The number of aryl methyl sites for hydroxylation is 1. The zero-order chi connectivity index (χ0) is 15.1. The van der Waals surface area contributed by atoms with Gasteiger partial charge in [0.05, 0.1) is 5.75 Å². The van der Waals surface area contributed by atoms with Crippen molar-refractivity contribution in [2.75, 3.05) is 17.3 Å². The minimum Gasteiger partial charge on any atom is -0.325 e. The summed E-state index contributed by atoms with van der Waals surface area (Å²) in [5.74, 6) is 1.38. The second-order valence-electron chi connectivity index (χ2n) is 4.70. The van der Waals surface area contributed by atoms with Crippen LogP contribution in [0.2, 0.25) is 0 Å². The summed E-state index contributed by atoms with van der Waals surface area (Å²) < 4.78 is 0. The number of anilines is 1. The number of rotatable bonds is 6. The molecule has 0 aliphatic carbocycles. The molecule has 2 aromatic carbocycles. The van der Waals surface area contributed by atoms with E-state index in [1.165, 1.54) is 11.1 Å². The minimum atomic E-state index is 0.0480. The van der Waals surface area contributed by atoms with Gasteiger partial charge in [-0.1, -0.05) is 30.3 Å². The summed E-state index contributed by atoms with van der Waals surface area (Å²) in [6.45, 7) is 2.10. The van der Waals surface area contributed by atoms with Gasteiger partial charge in [0, 0.05) is 16.3 Å². The molecule has 2 rings (SSSR count). The second-order valence-corrected chi connectivity index (χ2v) is 6.56. The van der Waals surface area contributed by atoms with Gasteiger partial charge in [0.25, 0.3) is 0 Å². The molecule has 2 aromatic rings. The van der Waals surface area contributed by atoms with Crippen molar-refractivity contribution in [3.05, 3.63) is 59.7 Å². The highest BCUT2D eigenvalue weighted by Crippen LogP contribution is 2.20. The van der Waals surface area contributed by atoms with Crippen LogP contribution >= 0.6 is 23.5 Å². The van der Waals surface area contributed by atoms with Gasteiger partial charge in [-0.2, -0.15) is 0 Å². The van der Waals surface area contributed by atoms with E-state index in [2.05, 4.69) is 24.4 Å². The fourth-order valence-corrected chi connectivity index (χ4v) is 3.29. The SMILES string of the molecule is CSc1cccc(NC(=O)CSCc2ccccc2C)c1. The number of carbonyl (C=O) groups excluding carboxylic acids is 1. The molecule has 1 amide bonds. The summed E-state index contributed by atoms with van der Waals surface area (Å²) in [7, 11) is 0. The van der Waals surface area contributed by atoms with Gasteiger partial charge in [-0.05, 0) is 42.5 Å². The molecule has 0 aliphatic heterocycles. The van der Waals surface area contributed by atoms with Crippen molar-refractivity contribution in [3.63, 3.8) is 0 Å². The zero-order valence-electron chi connectivity index (χ0n) is 12.3. The van der Waals surface area contributed by atoms with Gasteiger partial charge in [-0.3, -0.25) is 4.79 Å². The number of hydrogen-bond acceptors (Lipinski definition) is 3. The maximum atomic E-state index is 11.9. The highest BCUT2D eigenvalue weighted by Gasteiger charge is 2.04. The first-order chi connectivity index (χ1) is 10.2. The monoisotopic (exact) mass is 317 g/mol. The summed E-state index contributed by atoms with van der Waals surface area (Å²) in [5, 5.41) is 2.94. The average molecular weight is 317 g/mol. The summed E-state index contributed by atoms with van der Waals surface area (Å²) >= 11 is 3.31. The predicted molar refractivity (Wildman–Crippen MR) is 94.2 cm³/mol. The van der Waals surface area contributed by atoms with E-state index in [9.17, 15) is 4.79 Å². The molecule has 0 bridgehead atoms. The summed E-state index contributed by atoms with van der Waals surface area (Å²) in [5.41, 5.74) is 3.43. The van der Waals surface area contributed by atoms with E-state index < -0.39 is 0 Å². The molecule has 1 N–H and O–H groups in total. The van der Waals surface area contributed by atoms with Crippen molar-refractivity contribution in [1.29, 1.82) is 0 Å². The van der Waals surface area contributed by atoms with E-state index in [1.54, 1.807) is 23.5 Å². The van der Waals surface area contributed by atoms with E-state index in [4.69, 9.17) is 0 Å². The average Bonchev–Trinajstić information content (AvgIpc) is 2.49. The maximum absolute atomic E-state index is 11.9. The number of carbonyl (C=O) groups is 1. The molecule has 0 aromatic heterocycles. The van der Waals surface area contributed by atoms with Gasteiger partial charge in [-0.25, -0.2) is 0 Å². The first kappa shape index (κ1) is 16.0. The highest BCUT2D eigenvalue weighted by molar-refractivity contribution is 7.99. The van der Waals surface area contributed by atoms with E-state index in [0.717, 1.165) is 16.3 Å². The fraction of sp³-hybridized carbons (Fsp3) is 0.235. The van der Waals surface area contributed by atoms with Crippen molar-refractivity contribution >= 4 is 35.1 Å². The minimum absolute atomic E-state index is 0.0480. The molecule has 0 saturated heterocycles. The Labute approximate surface area is 134 Å². The lowest BCUT2D eigenvalue weighted by molar-refractivity contribution is -0.113. The second kappa shape index (κ2) is 8.15. The normalized spacial score (nSPS) is 10.4. The first-order valence-electron chi connectivity index (χ1n) is 6.75. The van der Waals surface area contributed by atoms with Crippen molar-refractivity contribution in [1.82, 2.24) is 0 Å². The number of amides is 1. The number of hydrogen-bond donors (Lipinski definition) is 1. The highest BCUT2D eigenvalue weighted by atomic mass is 32.2. The molecule has 21 heavy (non-hydrogen) atoms. The third-order valence-corrected chi connectivity index (χ3v) is 4.81. The molecule has 0 saturated carbocycles. The van der Waals surface area contributed by atoms with E-state index in [-0.39, 0.29) is 5.91 Å². The van der Waals surface area contributed by atoms with Gasteiger partial charge in [-0.15, -0.1) is 23.5 Å². The quantitative estimate of drug-likeness (QED) is 0.790. The number of thioether (sulfide) groups is 2. The van der Waals surface area contributed by atoms with Gasteiger partial charge in [0.1, 0.15) is 0 Å². The van der Waals surface area contributed by atoms with E-state index >= 15 is 0 Å². The summed E-state index contributed by atoms with van der Waals surface area (Å²) in [6, 6.07) is 16.2. The summed E-state index contributed by atoms with van der Waals surface area (Å²) in [6.07, 6.45) is 2.03. The molecule has 4 heteroatoms. The van der Waals surface area contributed by atoms with Crippen LogP contribution in [0, 0.1) is 6.92 Å². The molecule has 0 unspecified atom stereocenters. The van der Waals surface area contributed by atoms with E-state index in [1.807, 2.05) is 42.7 Å². The summed E-state index contributed by atoms with van der Waals surface area (Å²) in [4.78, 5) is 13.1. The Morgan fingerprint density at radius 1 is 1.14 bits per heavy atom. The Balaban J connectivity index is 1.81. The molecular weight excluding hydrogens is 298 g/mol. The number of benzene rings is 2. The smallest absolute Gasteiger partial charge is 0.234 e. The van der Waals surface area contributed by atoms with Crippen molar-refractivity contribution < 1.29 is 4.79 Å². The van der Waals surface area contributed by atoms with Gasteiger partial charge in [0.2, 0.25) is 5.91 Å². The molecule has 2 nitrogen and oxygen atoms in total. The lowest BCUT2D eigenvalue weighted by Crippen LogP contribution is -2.14. The van der Waals surface area contributed by atoms with Crippen LogP contribution in [0.3, 0.4) is 0 Å². The van der Waals surface area contributed by atoms with Crippen LogP contribution in [-0.2, 0) is 10.5 Å². The molecule has 110 valence electrons. The van der Waals surface area contributed by atoms with Crippen molar-refractivity contribution in [3.8, 4) is 0 Å². The van der Waals surface area contributed by atoms with E-state index in [0.29, 0.717) is 5.75 Å². The Kier molecular flexibility index (Phi) is 6.21. The molecule has 0 atom stereocenters. The molecule has 0 heterocycles. The predicted octanol–water partition coefficient (Wildman–Crippen LogP) is 4.59. The lowest BCUT2D eigenvalue weighted by Gasteiger charge is -2.07. The van der Waals surface area contributed by atoms with Crippen LogP contribution in [0.5, 0.6) is 0 Å². The standard InChI is InChI=1S/C17H19NOS2/c1-13-6-3-4-7-14(13)11-21-12-17(19)18-15-8-5-9-16(10-15)20-2/h3-10H,11-12H2,1-2H3,(H,18,19). The van der Waals surface area contributed by atoms with Crippen LogP contribution in [-0.4, -0.2) is 17.9 Å². The maximum Gasteiger partial charge on any atom is 0.234 e. The lowest BCUT2D eigenvalue weighted by atomic mass is 10.1. The first-order valence-corrected chi connectivity index (χ1v) is 9.13. The third kappa shape index (κ3) is 5.14. The third-order valence-electron chi connectivity index (χ3n) is 3.11. The van der Waals surface area contributed by atoms with Gasteiger partial charge in [0.15, 0.2) is 0 Å². The Bertz CT molecular complexity index is 613. The Morgan fingerprint density at radius 2 is 1.95 bits per heavy atom. The van der Waals surface area contributed by atoms with Crippen LogP contribution in [0.15, 0.2) is 53.4 Å². The van der Waals surface area contributed by atoms with Crippen LogP contribution in [0.1, 0.15) is 11.1 Å². The molecule has 0 aliphatic rings. The Morgan fingerprint density at radius 3 is 2.71 bits per heavy atom. The molecule has 0 radical (unpaired) electrons.